The summed E-state index contributed by atoms with van der Waals surface area (Å²) >= 11 is 0. The van der Waals surface area contributed by atoms with Crippen LogP contribution in [0.15, 0.2) is 70.1 Å². The van der Waals surface area contributed by atoms with Crippen LogP contribution in [-0.2, 0) is 0 Å². The largest absolute Gasteiger partial charge is 0.504 e. The number of rotatable bonds is 4. The highest BCUT2D eigenvalue weighted by molar-refractivity contribution is 5.92. The molecule has 126 valence electrons. The van der Waals surface area contributed by atoms with Gasteiger partial charge < -0.3 is 19.0 Å². The van der Waals surface area contributed by atoms with Crippen molar-refractivity contribution in [1.29, 1.82) is 0 Å². The van der Waals surface area contributed by atoms with Gasteiger partial charge in [0.05, 0.1) is 17.2 Å². The van der Waals surface area contributed by atoms with Crippen LogP contribution in [0.5, 0.6) is 17.2 Å². The normalized spacial score (nSPS) is 10.9. The Kier molecular flexibility index (Phi) is 4.52. The zero-order valence-corrected chi connectivity index (χ0v) is 13.3. The quantitative estimate of drug-likeness (QED) is 0.338. The van der Waals surface area contributed by atoms with E-state index in [2.05, 4.69) is 0 Å². The molecule has 0 saturated heterocycles. The molecule has 3 rings (SSSR count). The Morgan fingerprint density at radius 2 is 1.92 bits per heavy atom. The van der Waals surface area contributed by atoms with Crippen LogP contribution in [0.4, 0.5) is 0 Å². The molecule has 2 aromatic carbocycles. The van der Waals surface area contributed by atoms with Gasteiger partial charge >= 0.3 is 11.6 Å². The Labute approximate surface area is 142 Å². The van der Waals surface area contributed by atoms with Gasteiger partial charge in [0.15, 0.2) is 5.75 Å². The van der Waals surface area contributed by atoms with Gasteiger partial charge in [0.25, 0.3) is 5.75 Å². The number of aromatic hydroxyl groups is 1. The van der Waals surface area contributed by atoms with E-state index in [1.54, 1.807) is 43.3 Å². The van der Waals surface area contributed by atoms with E-state index < -0.39 is 11.6 Å². The number of ether oxygens (including phenoxy) is 2. The minimum absolute atomic E-state index is 0.0775. The van der Waals surface area contributed by atoms with E-state index in [-0.39, 0.29) is 28.2 Å². The molecule has 0 aliphatic heterocycles. The predicted octanol–water partition coefficient (Wildman–Crippen LogP) is 3.63. The first-order valence-corrected chi connectivity index (χ1v) is 7.45. The summed E-state index contributed by atoms with van der Waals surface area (Å²) in [6.45, 7) is 1.70. The van der Waals surface area contributed by atoms with E-state index in [0.29, 0.717) is 5.56 Å². The van der Waals surface area contributed by atoms with Crippen LogP contribution in [0.2, 0.25) is 0 Å². The van der Waals surface area contributed by atoms with Gasteiger partial charge in [-0.3, -0.25) is 0 Å². The lowest BCUT2D eigenvalue weighted by atomic mass is 10.2. The van der Waals surface area contributed by atoms with E-state index in [1.165, 1.54) is 24.5 Å². The van der Waals surface area contributed by atoms with Gasteiger partial charge in [-0.1, -0.05) is 24.3 Å². The van der Waals surface area contributed by atoms with E-state index in [0.717, 1.165) is 0 Å². The number of allylic oxidation sites excluding steroid dienone is 1. The second kappa shape index (κ2) is 6.92. The minimum Gasteiger partial charge on any atom is -0.504 e. The zero-order valence-electron chi connectivity index (χ0n) is 13.3. The van der Waals surface area contributed by atoms with Gasteiger partial charge in [-0.15, -0.1) is 0 Å². The second-order valence-corrected chi connectivity index (χ2v) is 5.07. The lowest BCUT2D eigenvalue weighted by Crippen LogP contribution is -2.08. The highest BCUT2D eigenvalue weighted by Gasteiger charge is 2.16. The van der Waals surface area contributed by atoms with E-state index in [9.17, 15) is 14.7 Å². The summed E-state index contributed by atoms with van der Waals surface area (Å²) in [4.78, 5) is 24.0. The summed E-state index contributed by atoms with van der Waals surface area (Å²) in [6, 6.07) is 12.8. The molecule has 0 aliphatic carbocycles. The van der Waals surface area contributed by atoms with Gasteiger partial charge in [-0.05, 0) is 31.2 Å². The molecular weight excluding hydrogens is 324 g/mol. The molecule has 1 heterocycles. The van der Waals surface area contributed by atoms with Gasteiger partial charge in [-0.25, -0.2) is 9.59 Å². The molecule has 0 radical (unpaired) electrons. The molecule has 0 spiro atoms. The SMILES string of the molecule is CC=COc1c(O)c2ccc(OC(=O)c3ccccc3)cc2oc1=O. The molecule has 0 atom stereocenters. The molecule has 0 aliphatic rings. The number of hydrogen-bond donors (Lipinski definition) is 1. The van der Waals surface area contributed by atoms with Crippen molar-refractivity contribution in [1.82, 2.24) is 0 Å². The van der Waals surface area contributed by atoms with Crippen molar-refractivity contribution in [3.05, 3.63) is 76.9 Å². The average molecular weight is 338 g/mol. The molecule has 0 fully saturated rings. The Hall–Kier alpha value is -3.54. The fraction of sp³-hybridized carbons (Fsp3) is 0.0526. The Bertz CT molecular complexity index is 1000. The van der Waals surface area contributed by atoms with E-state index in [4.69, 9.17) is 13.9 Å². The topological polar surface area (TPSA) is 86.0 Å². The number of esters is 1. The number of fused-ring (bicyclic) bond motifs is 1. The van der Waals surface area contributed by atoms with Crippen LogP contribution in [0.1, 0.15) is 17.3 Å². The molecule has 6 nitrogen and oxygen atoms in total. The summed E-state index contributed by atoms with van der Waals surface area (Å²) < 4.78 is 15.4. The predicted molar refractivity (Wildman–Crippen MR) is 91.0 cm³/mol. The number of hydrogen-bond acceptors (Lipinski definition) is 6. The third kappa shape index (κ3) is 3.37. The van der Waals surface area contributed by atoms with Crippen LogP contribution in [0.3, 0.4) is 0 Å². The molecule has 25 heavy (non-hydrogen) atoms. The van der Waals surface area contributed by atoms with Crippen LogP contribution >= 0.6 is 0 Å². The first-order valence-electron chi connectivity index (χ1n) is 7.45. The van der Waals surface area contributed by atoms with E-state index >= 15 is 0 Å². The standard InChI is InChI=1S/C19H14O6/c1-2-10-23-17-16(20)14-9-8-13(11-15(14)25-19(17)22)24-18(21)12-6-4-3-5-7-12/h2-11,20H,1H3. The Balaban J connectivity index is 1.95. The first-order chi connectivity index (χ1) is 12.1. The summed E-state index contributed by atoms with van der Waals surface area (Å²) in [5.41, 5.74) is -0.370. The fourth-order valence-corrected chi connectivity index (χ4v) is 2.19. The summed E-state index contributed by atoms with van der Waals surface area (Å²) in [5.74, 6) is -1.00. The summed E-state index contributed by atoms with van der Waals surface area (Å²) in [6.07, 6.45) is 2.82. The molecule has 6 heteroatoms. The van der Waals surface area contributed by atoms with Crippen LogP contribution in [0.25, 0.3) is 11.0 Å². The molecule has 0 saturated carbocycles. The van der Waals surface area contributed by atoms with Crippen molar-refractivity contribution in [3.8, 4) is 17.2 Å². The molecule has 0 amide bonds. The maximum absolute atomic E-state index is 12.1. The van der Waals surface area contributed by atoms with Crippen molar-refractivity contribution in [2.45, 2.75) is 6.92 Å². The summed E-state index contributed by atoms with van der Waals surface area (Å²) in [7, 11) is 0. The second-order valence-electron chi connectivity index (χ2n) is 5.07. The lowest BCUT2D eigenvalue weighted by molar-refractivity contribution is 0.0735. The summed E-state index contributed by atoms with van der Waals surface area (Å²) in [5, 5.41) is 10.4. The average Bonchev–Trinajstić information content (AvgIpc) is 2.62. The molecule has 3 aromatic rings. The first kappa shape index (κ1) is 16.3. The lowest BCUT2D eigenvalue weighted by Gasteiger charge is -2.07. The van der Waals surface area contributed by atoms with Gasteiger partial charge in [0, 0.05) is 6.07 Å². The maximum atomic E-state index is 12.1. The van der Waals surface area contributed by atoms with Gasteiger partial charge in [0.2, 0.25) is 0 Å². The van der Waals surface area contributed by atoms with Crippen molar-refractivity contribution in [2.24, 2.45) is 0 Å². The molecular formula is C19H14O6. The Morgan fingerprint density at radius 1 is 1.16 bits per heavy atom. The highest BCUT2D eigenvalue weighted by Crippen LogP contribution is 2.33. The molecule has 1 aromatic heterocycles. The molecule has 1 N–H and O–H groups in total. The Morgan fingerprint density at radius 3 is 2.64 bits per heavy atom. The number of carbonyl (C=O) groups is 1. The van der Waals surface area contributed by atoms with Crippen molar-refractivity contribution in [3.63, 3.8) is 0 Å². The monoisotopic (exact) mass is 338 g/mol. The van der Waals surface area contributed by atoms with Crippen molar-refractivity contribution in [2.75, 3.05) is 0 Å². The maximum Gasteiger partial charge on any atom is 0.383 e. The molecule has 0 bridgehead atoms. The van der Waals surface area contributed by atoms with Gasteiger partial charge in [-0.2, -0.15) is 0 Å². The minimum atomic E-state index is -0.838. The third-order valence-electron chi connectivity index (χ3n) is 3.35. The van der Waals surface area contributed by atoms with E-state index in [1.807, 2.05) is 0 Å². The number of carbonyl (C=O) groups excluding carboxylic acids is 1. The zero-order chi connectivity index (χ0) is 17.8. The van der Waals surface area contributed by atoms with Crippen molar-refractivity contribution < 1.29 is 23.8 Å². The van der Waals surface area contributed by atoms with Crippen LogP contribution < -0.4 is 15.1 Å². The molecule has 0 unspecified atom stereocenters. The smallest absolute Gasteiger partial charge is 0.383 e. The fourth-order valence-electron chi connectivity index (χ4n) is 2.19. The van der Waals surface area contributed by atoms with Crippen LogP contribution in [-0.4, -0.2) is 11.1 Å². The highest BCUT2D eigenvalue weighted by atomic mass is 16.5. The number of benzene rings is 2. The van der Waals surface area contributed by atoms with Gasteiger partial charge in [0.1, 0.15) is 11.3 Å². The van der Waals surface area contributed by atoms with Crippen LogP contribution in [0, 0.1) is 0 Å². The van der Waals surface area contributed by atoms with Crippen molar-refractivity contribution >= 4 is 16.9 Å². The third-order valence-corrected chi connectivity index (χ3v) is 3.35.